The van der Waals surface area contributed by atoms with Crippen LogP contribution in [0, 0.1) is 11.8 Å². The van der Waals surface area contributed by atoms with Crippen LogP contribution in [-0.2, 0) is 4.79 Å². The summed E-state index contributed by atoms with van der Waals surface area (Å²) in [4.78, 5) is 14.1. The Hall–Kier alpha value is -0.220. The van der Waals surface area contributed by atoms with Crippen molar-refractivity contribution in [1.29, 1.82) is 0 Å². The molecule has 0 aromatic rings. The molecule has 86 valence electrons. The molecule has 0 spiro atoms. The van der Waals surface area contributed by atoms with Gasteiger partial charge in [0.2, 0.25) is 5.91 Å². The van der Waals surface area contributed by atoms with Gasteiger partial charge in [-0.3, -0.25) is 4.79 Å². The third kappa shape index (κ3) is 2.67. The molecule has 0 saturated carbocycles. The molecule has 2 fully saturated rings. The van der Waals surface area contributed by atoms with Crippen LogP contribution in [0.5, 0.6) is 0 Å². The zero-order valence-corrected chi connectivity index (χ0v) is 10.1. The Morgan fingerprint density at radius 2 is 2.27 bits per heavy atom. The summed E-state index contributed by atoms with van der Waals surface area (Å²) in [5.74, 6) is 3.34. The SMILES string of the molecule is CC1CC(N)CN(C(=O)C2CCSC2)C1. The molecule has 0 radical (unpaired) electrons. The molecule has 2 saturated heterocycles. The molecule has 1 amide bonds. The number of carbonyl (C=O) groups is 1. The fraction of sp³-hybridized carbons (Fsp3) is 0.909. The van der Waals surface area contributed by atoms with E-state index in [0.717, 1.165) is 37.4 Å². The number of carbonyl (C=O) groups excluding carboxylic acids is 1. The lowest BCUT2D eigenvalue weighted by atomic mass is 9.95. The number of hydrogen-bond donors (Lipinski definition) is 1. The summed E-state index contributed by atoms with van der Waals surface area (Å²) in [6, 6.07) is 0.187. The summed E-state index contributed by atoms with van der Waals surface area (Å²) in [5.41, 5.74) is 5.95. The van der Waals surface area contributed by atoms with Crippen LogP contribution in [0.1, 0.15) is 19.8 Å². The Morgan fingerprint density at radius 1 is 1.47 bits per heavy atom. The molecule has 0 bridgehead atoms. The standard InChI is InChI=1S/C11H20N2OS/c1-8-4-10(12)6-13(5-8)11(14)9-2-3-15-7-9/h8-10H,2-7,12H2,1H3. The number of likely N-dealkylation sites (tertiary alicyclic amines) is 1. The number of nitrogens with zero attached hydrogens (tertiary/aromatic N) is 1. The van der Waals surface area contributed by atoms with E-state index in [4.69, 9.17) is 5.73 Å². The first kappa shape index (κ1) is 11.3. The number of nitrogens with two attached hydrogens (primary N) is 1. The largest absolute Gasteiger partial charge is 0.341 e. The maximum atomic E-state index is 12.1. The van der Waals surface area contributed by atoms with Crippen LogP contribution in [0.2, 0.25) is 0 Å². The van der Waals surface area contributed by atoms with Gasteiger partial charge >= 0.3 is 0 Å². The van der Waals surface area contributed by atoms with Gasteiger partial charge in [0, 0.05) is 30.8 Å². The van der Waals surface area contributed by atoms with Crippen molar-refractivity contribution >= 4 is 17.7 Å². The van der Waals surface area contributed by atoms with Crippen molar-refractivity contribution in [2.45, 2.75) is 25.8 Å². The van der Waals surface area contributed by atoms with Crippen molar-refractivity contribution in [2.75, 3.05) is 24.6 Å². The molecule has 2 rings (SSSR count). The van der Waals surface area contributed by atoms with Crippen molar-refractivity contribution in [3.63, 3.8) is 0 Å². The highest BCUT2D eigenvalue weighted by molar-refractivity contribution is 7.99. The molecule has 4 heteroatoms. The Bertz CT molecular complexity index is 231. The van der Waals surface area contributed by atoms with Crippen molar-refractivity contribution < 1.29 is 4.79 Å². The van der Waals surface area contributed by atoms with E-state index in [-0.39, 0.29) is 12.0 Å². The summed E-state index contributed by atoms with van der Waals surface area (Å²) in [6.07, 6.45) is 2.12. The second-order valence-electron chi connectivity index (χ2n) is 4.90. The van der Waals surface area contributed by atoms with Crippen molar-refractivity contribution in [1.82, 2.24) is 4.90 Å². The second-order valence-corrected chi connectivity index (χ2v) is 6.05. The average Bonchev–Trinajstić information content (AvgIpc) is 2.67. The van der Waals surface area contributed by atoms with Crippen LogP contribution in [0.25, 0.3) is 0 Å². The molecule has 3 unspecified atom stereocenters. The van der Waals surface area contributed by atoms with Crippen molar-refractivity contribution in [2.24, 2.45) is 17.6 Å². The molecule has 15 heavy (non-hydrogen) atoms. The van der Waals surface area contributed by atoms with E-state index in [2.05, 4.69) is 6.92 Å². The fourth-order valence-corrected chi connectivity index (χ4v) is 3.78. The quantitative estimate of drug-likeness (QED) is 0.726. The molecule has 0 aliphatic carbocycles. The lowest BCUT2D eigenvalue weighted by Crippen LogP contribution is -2.50. The Balaban J connectivity index is 1.93. The molecular weight excluding hydrogens is 208 g/mol. The number of rotatable bonds is 1. The number of piperidine rings is 1. The first-order chi connectivity index (χ1) is 7.16. The highest BCUT2D eigenvalue weighted by Gasteiger charge is 2.31. The Kier molecular flexibility index (Phi) is 3.57. The average molecular weight is 228 g/mol. The number of hydrogen-bond acceptors (Lipinski definition) is 3. The predicted molar refractivity (Wildman–Crippen MR) is 63.8 cm³/mol. The van der Waals surface area contributed by atoms with Gasteiger partial charge in [0.15, 0.2) is 0 Å². The number of thioether (sulfide) groups is 1. The molecule has 2 N–H and O–H groups in total. The lowest BCUT2D eigenvalue weighted by molar-refractivity contribution is -0.136. The van der Waals surface area contributed by atoms with Gasteiger partial charge in [-0.1, -0.05) is 6.92 Å². The minimum Gasteiger partial charge on any atom is -0.341 e. The third-order valence-corrected chi connectivity index (χ3v) is 4.45. The predicted octanol–water partition coefficient (Wildman–Crippen LogP) is 0.935. The van der Waals surface area contributed by atoms with Crippen LogP contribution in [0.15, 0.2) is 0 Å². The van der Waals surface area contributed by atoms with Crippen molar-refractivity contribution in [3.8, 4) is 0 Å². The summed E-state index contributed by atoms with van der Waals surface area (Å²) in [5, 5.41) is 0. The zero-order chi connectivity index (χ0) is 10.8. The summed E-state index contributed by atoms with van der Waals surface area (Å²) >= 11 is 1.90. The topological polar surface area (TPSA) is 46.3 Å². The molecule has 3 atom stereocenters. The number of amides is 1. The zero-order valence-electron chi connectivity index (χ0n) is 9.32. The smallest absolute Gasteiger partial charge is 0.226 e. The van der Waals surface area contributed by atoms with Crippen LogP contribution in [0.4, 0.5) is 0 Å². The molecule has 2 aliphatic heterocycles. The molecule has 0 aromatic carbocycles. The second kappa shape index (κ2) is 4.74. The molecule has 2 heterocycles. The lowest BCUT2D eigenvalue weighted by Gasteiger charge is -2.36. The highest BCUT2D eigenvalue weighted by atomic mass is 32.2. The van der Waals surface area contributed by atoms with Gasteiger partial charge in [-0.05, 0) is 24.5 Å². The maximum absolute atomic E-state index is 12.1. The summed E-state index contributed by atoms with van der Waals surface area (Å²) in [6.45, 7) is 3.86. The van der Waals surface area contributed by atoms with E-state index in [1.165, 1.54) is 0 Å². The van der Waals surface area contributed by atoms with E-state index in [0.29, 0.717) is 11.8 Å². The first-order valence-electron chi connectivity index (χ1n) is 5.79. The van der Waals surface area contributed by atoms with Crippen LogP contribution < -0.4 is 5.73 Å². The van der Waals surface area contributed by atoms with Crippen molar-refractivity contribution in [3.05, 3.63) is 0 Å². The van der Waals surface area contributed by atoms with Gasteiger partial charge < -0.3 is 10.6 Å². The third-order valence-electron chi connectivity index (χ3n) is 3.28. The fourth-order valence-electron chi connectivity index (χ4n) is 2.57. The monoisotopic (exact) mass is 228 g/mol. The minimum atomic E-state index is 0.187. The van der Waals surface area contributed by atoms with E-state index in [9.17, 15) is 4.79 Å². The first-order valence-corrected chi connectivity index (χ1v) is 6.94. The minimum absolute atomic E-state index is 0.187. The molecule has 0 aromatic heterocycles. The highest BCUT2D eigenvalue weighted by Crippen LogP contribution is 2.27. The van der Waals surface area contributed by atoms with E-state index >= 15 is 0 Å². The molecule has 3 nitrogen and oxygen atoms in total. The Labute approximate surface area is 95.8 Å². The summed E-state index contributed by atoms with van der Waals surface area (Å²) in [7, 11) is 0. The normalized spacial score (nSPS) is 36.9. The Morgan fingerprint density at radius 3 is 2.87 bits per heavy atom. The summed E-state index contributed by atoms with van der Waals surface area (Å²) < 4.78 is 0. The molecule has 2 aliphatic rings. The van der Waals surface area contributed by atoms with Gasteiger partial charge in [-0.25, -0.2) is 0 Å². The van der Waals surface area contributed by atoms with Gasteiger partial charge in [0.25, 0.3) is 0 Å². The van der Waals surface area contributed by atoms with Crippen LogP contribution in [-0.4, -0.2) is 41.4 Å². The van der Waals surface area contributed by atoms with E-state index in [1.807, 2.05) is 16.7 Å². The van der Waals surface area contributed by atoms with Gasteiger partial charge in [0.05, 0.1) is 0 Å². The van der Waals surface area contributed by atoms with Crippen LogP contribution in [0.3, 0.4) is 0 Å². The van der Waals surface area contributed by atoms with E-state index < -0.39 is 0 Å². The van der Waals surface area contributed by atoms with Gasteiger partial charge in [-0.15, -0.1) is 0 Å². The molecular formula is C11H20N2OS. The van der Waals surface area contributed by atoms with Crippen LogP contribution >= 0.6 is 11.8 Å². The van der Waals surface area contributed by atoms with Gasteiger partial charge in [0.1, 0.15) is 0 Å². The maximum Gasteiger partial charge on any atom is 0.226 e. The van der Waals surface area contributed by atoms with Gasteiger partial charge in [-0.2, -0.15) is 11.8 Å². The van der Waals surface area contributed by atoms with E-state index in [1.54, 1.807) is 0 Å².